The molecule has 3 saturated heterocycles. The normalized spacial score (nSPS) is 25.7. The summed E-state index contributed by atoms with van der Waals surface area (Å²) < 4.78 is 7.52. The molecule has 3 nitrogen and oxygen atoms in total. The van der Waals surface area contributed by atoms with Gasteiger partial charge < -0.3 is 9.22 Å². The van der Waals surface area contributed by atoms with E-state index in [9.17, 15) is 0 Å². The number of rotatable bonds is 6. The Morgan fingerprint density at radius 3 is 2.34 bits per heavy atom. The fourth-order valence-corrected chi connectivity index (χ4v) is 7.81. The number of aromatic nitrogens is 1. The van der Waals surface area contributed by atoms with Gasteiger partial charge in [0.05, 0.1) is 18.6 Å². The molecule has 0 spiro atoms. The largest absolute Gasteiger partial charge is 0.370 e. The van der Waals surface area contributed by atoms with Gasteiger partial charge in [-0.05, 0) is 51.2 Å². The molecule has 190 valence electrons. The summed E-state index contributed by atoms with van der Waals surface area (Å²) >= 11 is 0. The number of hydrogen-bond donors (Lipinski definition) is 0. The summed E-state index contributed by atoms with van der Waals surface area (Å²) in [7, 11) is 1.90. The van der Waals surface area contributed by atoms with Gasteiger partial charge in [0, 0.05) is 43.0 Å². The lowest BCUT2D eigenvalue weighted by Gasteiger charge is -2.58. The summed E-state index contributed by atoms with van der Waals surface area (Å²) in [5.74, 6) is 1.22. The predicted octanol–water partition coefficient (Wildman–Crippen LogP) is 7.84. The average molecular weight is 500 g/mol. The van der Waals surface area contributed by atoms with Crippen LogP contribution in [0.25, 0.3) is 32.4 Å². The van der Waals surface area contributed by atoms with Gasteiger partial charge in [0.1, 0.15) is 18.7 Å². The van der Waals surface area contributed by atoms with Gasteiger partial charge in [-0.3, -0.25) is 4.98 Å². The fourth-order valence-electron chi connectivity index (χ4n) is 7.81. The van der Waals surface area contributed by atoms with E-state index in [0.717, 1.165) is 29.5 Å². The number of para-hydroxylation sites is 1. The fraction of sp³-hybridized carbons (Fsp3) is 0.286. The number of nitrogens with zero attached hydrogens (tertiary/aromatic N) is 2. The second-order valence-electron chi connectivity index (χ2n) is 11.4. The van der Waals surface area contributed by atoms with Gasteiger partial charge in [0.15, 0.2) is 0 Å². The number of quaternary nitrogens is 1. The van der Waals surface area contributed by atoms with Crippen molar-refractivity contribution < 1.29 is 9.22 Å². The predicted molar refractivity (Wildman–Crippen MR) is 157 cm³/mol. The number of pyridine rings is 1. The van der Waals surface area contributed by atoms with E-state index in [1.165, 1.54) is 51.0 Å². The second-order valence-corrected chi connectivity index (χ2v) is 11.4. The zero-order valence-corrected chi connectivity index (χ0v) is 22.1. The molecule has 5 aromatic rings. The summed E-state index contributed by atoms with van der Waals surface area (Å²) in [5, 5.41) is 6.61. The maximum absolute atomic E-state index is 6.47. The first kappa shape index (κ1) is 23.6. The summed E-state index contributed by atoms with van der Waals surface area (Å²) in [6.45, 7) is 7.59. The van der Waals surface area contributed by atoms with E-state index in [0.29, 0.717) is 17.9 Å². The Hall–Kier alpha value is -3.53. The molecule has 3 heteroatoms. The molecule has 5 unspecified atom stereocenters. The summed E-state index contributed by atoms with van der Waals surface area (Å²) in [6.07, 6.45) is 6.61. The van der Waals surface area contributed by atoms with Crippen LogP contribution in [0.4, 0.5) is 0 Å². The van der Waals surface area contributed by atoms with Crippen LogP contribution >= 0.6 is 0 Å². The Balaban J connectivity index is 1.41. The van der Waals surface area contributed by atoms with Gasteiger partial charge in [-0.15, -0.1) is 6.58 Å². The molecule has 8 rings (SSSR count). The van der Waals surface area contributed by atoms with Crippen LogP contribution in [0.2, 0.25) is 0 Å². The second kappa shape index (κ2) is 9.34. The van der Waals surface area contributed by atoms with Crippen molar-refractivity contribution in [2.24, 2.45) is 11.8 Å². The molecule has 4 heterocycles. The topological polar surface area (TPSA) is 22.1 Å². The van der Waals surface area contributed by atoms with Crippen molar-refractivity contribution in [3.05, 3.63) is 115 Å². The van der Waals surface area contributed by atoms with Crippen molar-refractivity contribution >= 4 is 32.4 Å². The van der Waals surface area contributed by atoms with Gasteiger partial charge >= 0.3 is 0 Å². The third-order valence-electron chi connectivity index (χ3n) is 9.62. The Bertz CT molecular complexity index is 1600. The Labute approximate surface area is 225 Å². The molecule has 5 atom stereocenters. The first-order chi connectivity index (χ1) is 18.7. The van der Waals surface area contributed by atoms with Crippen molar-refractivity contribution in [3.63, 3.8) is 0 Å². The highest BCUT2D eigenvalue weighted by Gasteiger charge is 2.54. The van der Waals surface area contributed by atoms with Gasteiger partial charge in [-0.1, -0.05) is 72.8 Å². The highest BCUT2D eigenvalue weighted by Crippen LogP contribution is 2.49. The van der Waals surface area contributed by atoms with Crippen LogP contribution in [-0.2, 0) is 11.3 Å². The number of hydrogen-bond acceptors (Lipinski definition) is 2. The molecule has 0 saturated carbocycles. The SMILES string of the molecule is C=CC1C[N+]2(Cc3c4ccccc4cc4ccccc34)CCC1CC2C(OC)c1ccnc2ccccc12. The molecular formula is C35H35N2O+. The van der Waals surface area contributed by atoms with Crippen LogP contribution in [-0.4, -0.2) is 35.7 Å². The molecule has 4 aromatic carbocycles. The molecule has 3 fully saturated rings. The minimum Gasteiger partial charge on any atom is -0.370 e. The Morgan fingerprint density at radius 2 is 1.63 bits per heavy atom. The molecule has 38 heavy (non-hydrogen) atoms. The molecule has 2 bridgehead atoms. The highest BCUT2D eigenvalue weighted by molar-refractivity contribution is 6.02. The van der Waals surface area contributed by atoms with Gasteiger partial charge in [0.25, 0.3) is 0 Å². The van der Waals surface area contributed by atoms with E-state index in [1.54, 1.807) is 0 Å². The molecular weight excluding hydrogens is 464 g/mol. The third kappa shape index (κ3) is 3.68. The lowest BCUT2D eigenvalue weighted by Crippen LogP contribution is -2.67. The molecule has 0 N–H and O–H groups in total. The number of benzene rings is 4. The first-order valence-corrected chi connectivity index (χ1v) is 13.9. The molecule has 0 radical (unpaired) electrons. The van der Waals surface area contributed by atoms with E-state index in [4.69, 9.17) is 4.74 Å². The number of ether oxygens (including phenoxy) is 1. The van der Waals surface area contributed by atoms with Crippen molar-refractivity contribution in [1.82, 2.24) is 4.98 Å². The van der Waals surface area contributed by atoms with E-state index < -0.39 is 0 Å². The highest BCUT2D eigenvalue weighted by atomic mass is 16.5. The molecule has 3 aliphatic rings. The zero-order valence-electron chi connectivity index (χ0n) is 22.1. The van der Waals surface area contributed by atoms with E-state index in [2.05, 4.69) is 103 Å². The summed E-state index contributed by atoms with van der Waals surface area (Å²) in [5.41, 5.74) is 3.78. The van der Waals surface area contributed by atoms with Crippen molar-refractivity contribution in [3.8, 4) is 0 Å². The molecule has 3 aliphatic heterocycles. The molecule has 0 amide bonds. The van der Waals surface area contributed by atoms with Gasteiger partial charge in [-0.25, -0.2) is 0 Å². The van der Waals surface area contributed by atoms with Crippen molar-refractivity contribution in [1.29, 1.82) is 0 Å². The van der Waals surface area contributed by atoms with Gasteiger partial charge in [0.2, 0.25) is 0 Å². The summed E-state index contributed by atoms with van der Waals surface area (Å²) in [6, 6.07) is 31.3. The van der Waals surface area contributed by atoms with Crippen molar-refractivity contribution in [2.45, 2.75) is 31.5 Å². The minimum absolute atomic E-state index is 0.0118. The van der Waals surface area contributed by atoms with Crippen molar-refractivity contribution in [2.75, 3.05) is 20.2 Å². The lowest BCUT2D eigenvalue weighted by molar-refractivity contribution is -0.984. The number of piperidine rings is 3. The third-order valence-corrected chi connectivity index (χ3v) is 9.62. The number of methoxy groups -OCH3 is 1. The van der Waals surface area contributed by atoms with Crippen LogP contribution < -0.4 is 0 Å². The average Bonchev–Trinajstić information content (AvgIpc) is 2.98. The maximum Gasteiger partial charge on any atom is 0.135 e. The smallest absolute Gasteiger partial charge is 0.135 e. The Kier molecular flexibility index (Phi) is 5.79. The Morgan fingerprint density at radius 1 is 0.947 bits per heavy atom. The maximum atomic E-state index is 6.47. The van der Waals surface area contributed by atoms with E-state index in [1.807, 2.05) is 13.3 Å². The van der Waals surface area contributed by atoms with E-state index >= 15 is 0 Å². The molecule has 0 aliphatic carbocycles. The zero-order chi connectivity index (χ0) is 25.7. The quantitative estimate of drug-likeness (QED) is 0.135. The van der Waals surface area contributed by atoms with Crippen LogP contribution in [0.5, 0.6) is 0 Å². The lowest BCUT2D eigenvalue weighted by atomic mass is 9.71. The monoisotopic (exact) mass is 499 g/mol. The molecule has 1 aromatic heterocycles. The van der Waals surface area contributed by atoms with Crippen LogP contribution in [0.3, 0.4) is 0 Å². The van der Waals surface area contributed by atoms with E-state index in [-0.39, 0.29) is 6.10 Å². The van der Waals surface area contributed by atoms with Crippen LogP contribution in [0.1, 0.15) is 30.1 Å². The van der Waals surface area contributed by atoms with Gasteiger partial charge in [-0.2, -0.15) is 0 Å². The number of fused-ring (bicyclic) bond motifs is 6. The standard InChI is InChI=1S/C35H35N2O/c1-3-24-22-37(23-32-28-12-6-4-10-26(28)20-27-11-5-7-13-29(27)32)19-17-25(24)21-34(37)35(38-2)31-16-18-36-33-15-9-8-14-30(31)33/h3-16,18,20,24-25,34-35H,1,17,19,21-23H2,2H3/q+1. The minimum atomic E-state index is 0.0118. The van der Waals surface area contributed by atoms with Crippen LogP contribution in [0, 0.1) is 11.8 Å². The summed E-state index contributed by atoms with van der Waals surface area (Å²) in [4.78, 5) is 4.66. The van der Waals surface area contributed by atoms with Crippen LogP contribution in [0.15, 0.2) is 104 Å². The first-order valence-electron chi connectivity index (χ1n) is 13.9.